The molecule has 1 saturated heterocycles. The lowest BCUT2D eigenvalue weighted by atomic mass is 9.71. The molecule has 20 heavy (non-hydrogen) atoms. The van der Waals surface area contributed by atoms with Crippen LogP contribution in [0.3, 0.4) is 0 Å². The van der Waals surface area contributed by atoms with Gasteiger partial charge in [0.2, 0.25) is 5.91 Å². The molecule has 0 aromatic heterocycles. The molecular weight excluding hydrogens is 248 g/mol. The molecule has 0 saturated carbocycles. The summed E-state index contributed by atoms with van der Waals surface area (Å²) >= 11 is 0. The van der Waals surface area contributed by atoms with Crippen LogP contribution in [0.5, 0.6) is 0 Å². The number of likely N-dealkylation sites (tertiary alicyclic amines) is 1. The zero-order valence-corrected chi connectivity index (χ0v) is 13.4. The number of hydrogen-bond acceptors (Lipinski definition) is 2. The van der Waals surface area contributed by atoms with Gasteiger partial charge in [-0.15, -0.1) is 0 Å². The fourth-order valence-electron chi connectivity index (χ4n) is 3.94. The Bertz CT molecular complexity index is 390. The Balaban J connectivity index is 1.85. The van der Waals surface area contributed by atoms with Gasteiger partial charge in [0.15, 0.2) is 0 Å². The van der Waals surface area contributed by atoms with E-state index < -0.39 is 0 Å². The van der Waals surface area contributed by atoms with Crippen LogP contribution >= 0.6 is 0 Å². The van der Waals surface area contributed by atoms with Gasteiger partial charge >= 0.3 is 0 Å². The second-order valence-corrected chi connectivity index (χ2v) is 7.26. The number of nitrogens with zero attached hydrogens (tertiary/aromatic N) is 1. The Morgan fingerprint density at radius 1 is 1.35 bits per heavy atom. The van der Waals surface area contributed by atoms with E-state index in [1.807, 2.05) is 0 Å². The molecule has 0 unspecified atom stereocenters. The molecule has 1 aliphatic carbocycles. The second kappa shape index (κ2) is 6.30. The van der Waals surface area contributed by atoms with Gasteiger partial charge in [0.1, 0.15) is 0 Å². The number of carbonyl (C=O) groups is 1. The van der Waals surface area contributed by atoms with Crippen LogP contribution in [0.2, 0.25) is 0 Å². The second-order valence-electron chi connectivity index (χ2n) is 7.26. The number of rotatable bonds is 4. The zero-order chi connectivity index (χ0) is 14.8. The third kappa shape index (κ3) is 3.63. The smallest absolute Gasteiger partial charge is 0.220 e. The van der Waals surface area contributed by atoms with Gasteiger partial charge in [0.25, 0.3) is 0 Å². The van der Waals surface area contributed by atoms with Crippen LogP contribution in [0.25, 0.3) is 0 Å². The molecule has 0 radical (unpaired) electrons. The summed E-state index contributed by atoms with van der Waals surface area (Å²) in [5, 5.41) is 0. The van der Waals surface area contributed by atoms with E-state index in [9.17, 15) is 4.79 Å². The highest BCUT2D eigenvalue weighted by molar-refractivity contribution is 5.76. The Hall–Kier alpha value is -0.830. The van der Waals surface area contributed by atoms with Gasteiger partial charge in [0.05, 0.1) is 0 Å². The maximum Gasteiger partial charge on any atom is 0.220 e. The van der Waals surface area contributed by atoms with E-state index in [-0.39, 0.29) is 11.8 Å². The van der Waals surface area contributed by atoms with Gasteiger partial charge in [0, 0.05) is 12.5 Å². The van der Waals surface area contributed by atoms with Crippen LogP contribution in [0.4, 0.5) is 0 Å². The lowest BCUT2D eigenvalue weighted by Crippen LogP contribution is -2.39. The summed E-state index contributed by atoms with van der Waals surface area (Å²) in [5.41, 5.74) is 9.08. The number of allylic oxidation sites excluding steroid dienone is 1. The molecule has 0 spiro atoms. The van der Waals surface area contributed by atoms with Gasteiger partial charge in [-0.1, -0.05) is 25.0 Å². The molecule has 0 aromatic carbocycles. The standard InChI is InChI=1S/C17H30N2O/c1-13-5-4-9-17(2,3)15(13)8-12-19-10-6-14(7-11-19)16(18)20/h14H,4-12H2,1-3H3,(H2,18,20). The molecule has 2 N–H and O–H groups in total. The van der Waals surface area contributed by atoms with Crippen LogP contribution in [0, 0.1) is 11.3 Å². The van der Waals surface area contributed by atoms with Crippen LogP contribution in [-0.2, 0) is 4.79 Å². The van der Waals surface area contributed by atoms with Crippen molar-refractivity contribution in [1.82, 2.24) is 4.90 Å². The Morgan fingerprint density at radius 2 is 2.00 bits per heavy atom. The molecule has 2 aliphatic rings. The molecule has 114 valence electrons. The summed E-state index contributed by atoms with van der Waals surface area (Å²) in [5.74, 6) is -0.00469. The van der Waals surface area contributed by atoms with E-state index in [4.69, 9.17) is 5.73 Å². The van der Waals surface area contributed by atoms with Gasteiger partial charge in [-0.3, -0.25) is 4.79 Å². The molecule has 0 aromatic rings. The predicted molar refractivity (Wildman–Crippen MR) is 83.3 cm³/mol. The normalized spacial score (nSPS) is 24.9. The van der Waals surface area contributed by atoms with Gasteiger partial charge in [-0.2, -0.15) is 0 Å². The van der Waals surface area contributed by atoms with Crippen molar-refractivity contribution in [2.45, 2.75) is 59.3 Å². The van der Waals surface area contributed by atoms with Gasteiger partial charge in [-0.25, -0.2) is 0 Å². The zero-order valence-electron chi connectivity index (χ0n) is 13.4. The maximum absolute atomic E-state index is 11.2. The molecule has 1 fully saturated rings. The van der Waals surface area contributed by atoms with Crippen LogP contribution in [0.15, 0.2) is 11.1 Å². The predicted octanol–water partition coefficient (Wildman–Crippen LogP) is 3.10. The van der Waals surface area contributed by atoms with Crippen molar-refractivity contribution in [3.63, 3.8) is 0 Å². The first-order valence-electron chi connectivity index (χ1n) is 8.11. The lowest BCUT2D eigenvalue weighted by Gasteiger charge is -2.37. The summed E-state index contributed by atoms with van der Waals surface area (Å²) in [6, 6.07) is 0. The van der Waals surface area contributed by atoms with Crippen molar-refractivity contribution in [1.29, 1.82) is 0 Å². The number of piperidine rings is 1. The molecule has 0 atom stereocenters. The highest BCUT2D eigenvalue weighted by atomic mass is 16.1. The SMILES string of the molecule is CC1=C(CCN2CCC(C(N)=O)CC2)C(C)(C)CCC1. The first-order chi connectivity index (χ1) is 9.40. The van der Waals surface area contributed by atoms with Crippen molar-refractivity contribution >= 4 is 5.91 Å². The minimum atomic E-state index is -0.114. The minimum Gasteiger partial charge on any atom is -0.369 e. The first-order valence-corrected chi connectivity index (χ1v) is 8.11. The van der Waals surface area contributed by atoms with Crippen molar-refractivity contribution in [3.8, 4) is 0 Å². The summed E-state index contributed by atoms with van der Waals surface area (Å²) in [6.07, 6.45) is 7.02. The molecule has 1 aliphatic heterocycles. The summed E-state index contributed by atoms with van der Waals surface area (Å²) < 4.78 is 0. The van der Waals surface area contributed by atoms with Crippen LogP contribution in [0.1, 0.15) is 59.3 Å². The molecule has 3 heteroatoms. The van der Waals surface area contributed by atoms with E-state index in [0.717, 1.165) is 32.5 Å². The topological polar surface area (TPSA) is 46.3 Å². The summed E-state index contributed by atoms with van der Waals surface area (Å²) in [7, 11) is 0. The average molecular weight is 278 g/mol. The molecule has 1 heterocycles. The highest BCUT2D eigenvalue weighted by Gasteiger charge is 2.29. The number of carbonyl (C=O) groups excluding carboxylic acids is 1. The number of primary amides is 1. The number of nitrogens with two attached hydrogens (primary N) is 1. The van der Waals surface area contributed by atoms with Crippen molar-refractivity contribution in [2.24, 2.45) is 17.1 Å². The largest absolute Gasteiger partial charge is 0.369 e. The van der Waals surface area contributed by atoms with E-state index in [0.29, 0.717) is 5.41 Å². The first kappa shape index (κ1) is 15.6. The fraction of sp³-hybridized carbons (Fsp3) is 0.824. The number of amides is 1. The Labute approximate surface area is 123 Å². The van der Waals surface area contributed by atoms with Gasteiger partial charge < -0.3 is 10.6 Å². The molecule has 2 rings (SSSR count). The minimum absolute atomic E-state index is 0.110. The quantitative estimate of drug-likeness (QED) is 0.803. The van der Waals surface area contributed by atoms with Crippen molar-refractivity contribution in [2.75, 3.05) is 19.6 Å². The van der Waals surface area contributed by atoms with Crippen LogP contribution < -0.4 is 5.73 Å². The van der Waals surface area contributed by atoms with E-state index in [1.54, 1.807) is 11.1 Å². The summed E-state index contributed by atoms with van der Waals surface area (Å²) in [4.78, 5) is 13.7. The van der Waals surface area contributed by atoms with Gasteiger partial charge in [-0.05, 0) is 64.0 Å². The summed E-state index contributed by atoms with van der Waals surface area (Å²) in [6.45, 7) is 10.3. The average Bonchev–Trinajstić information content (AvgIpc) is 2.38. The van der Waals surface area contributed by atoms with Crippen LogP contribution in [-0.4, -0.2) is 30.4 Å². The Morgan fingerprint density at radius 3 is 2.55 bits per heavy atom. The molecule has 0 bridgehead atoms. The van der Waals surface area contributed by atoms with E-state index in [1.165, 1.54) is 25.7 Å². The van der Waals surface area contributed by atoms with Crippen molar-refractivity contribution in [3.05, 3.63) is 11.1 Å². The highest BCUT2D eigenvalue weighted by Crippen LogP contribution is 2.41. The Kier molecular flexibility index (Phi) is 4.90. The maximum atomic E-state index is 11.2. The van der Waals surface area contributed by atoms with Crippen molar-refractivity contribution < 1.29 is 4.79 Å². The molecular formula is C17H30N2O. The molecule has 3 nitrogen and oxygen atoms in total. The lowest BCUT2D eigenvalue weighted by molar-refractivity contribution is -0.123. The fourth-order valence-corrected chi connectivity index (χ4v) is 3.94. The third-order valence-corrected chi connectivity index (χ3v) is 5.35. The van der Waals surface area contributed by atoms with E-state index in [2.05, 4.69) is 25.7 Å². The third-order valence-electron chi connectivity index (χ3n) is 5.35. The molecule has 1 amide bonds. The van der Waals surface area contributed by atoms with E-state index >= 15 is 0 Å². The number of hydrogen-bond donors (Lipinski definition) is 1. The monoisotopic (exact) mass is 278 g/mol.